The largest absolute Gasteiger partial charge is 0.478 e. The van der Waals surface area contributed by atoms with Gasteiger partial charge in [0.2, 0.25) is 0 Å². The van der Waals surface area contributed by atoms with Crippen LogP contribution in [0.5, 0.6) is 5.75 Å². The second-order valence-corrected chi connectivity index (χ2v) is 4.54. The molecule has 0 bridgehead atoms. The molecule has 0 radical (unpaired) electrons. The molecule has 5 nitrogen and oxygen atoms in total. The van der Waals surface area contributed by atoms with Gasteiger partial charge in [0.25, 0.3) is 11.8 Å². The Bertz CT molecular complexity index is 499. The third kappa shape index (κ3) is 2.86. The summed E-state index contributed by atoms with van der Waals surface area (Å²) in [4.78, 5) is 23.6. The average molecular weight is 262 g/mol. The number of unbranched alkanes of at least 4 members (excludes halogenated alkanes) is 1. The standard InChI is InChI=1S/C14H18N2O3/c1-3-4-8-15-14(18)10-6-5-7-11-12(10)19-9(2)13(17)16-11/h5-7,9H,3-4,8H2,1-2H3,(H,15,18)(H,16,17). The smallest absolute Gasteiger partial charge is 0.265 e. The SMILES string of the molecule is CCCCNC(=O)c1cccc2c1OC(C)C(=O)N2. The highest BCUT2D eigenvalue weighted by molar-refractivity contribution is 6.03. The van der Waals surface area contributed by atoms with Crippen molar-refractivity contribution in [2.75, 3.05) is 11.9 Å². The van der Waals surface area contributed by atoms with Crippen LogP contribution >= 0.6 is 0 Å². The Morgan fingerprint density at radius 3 is 3.00 bits per heavy atom. The fraction of sp³-hybridized carbons (Fsp3) is 0.429. The lowest BCUT2D eigenvalue weighted by molar-refractivity contribution is -0.122. The first-order valence-electron chi connectivity index (χ1n) is 6.52. The molecule has 1 aromatic rings. The number of carbonyl (C=O) groups is 2. The summed E-state index contributed by atoms with van der Waals surface area (Å²) < 4.78 is 5.53. The van der Waals surface area contributed by atoms with Crippen LogP contribution in [-0.4, -0.2) is 24.5 Å². The number of hydrogen-bond acceptors (Lipinski definition) is 3. The summed E-state index contributed by atoms with van der Waals surface area (Å²) >= 11 is 0. The lowest BCUT2D eigenvalue weighted by Gasteiger charge is -2.25. The summed E-state index contributed by atoms with van der Waals surface area (Å²) in [6.45, 7) is 4.36. The van der Waals surface area contributed by atoms with E-state index in [4.69, 9.17) is 4.74 Å². The molecule has 1 unspecified atom stereocenters. The number of amides is 2. The summed E-state index contributed by atoms with van der Waals surface area (Å²) in [5.74, 6) is 0.0771. The molecule has 19 heavy (non-hydrogen) atoms. The van der Waals surface area contributed by atoms with Gasteiger partial charge in [-0.15, -0.1) is 0 Å². The molecule has 2 rings (SSSR count). The van der Waals surface area contributed by atoms with E-state index in [-0.39, 0.29) is 11.8 Å². The van der Waals surface area contributed by atoms with E-state index in [0.717, 1.165) is 12.8 Å². The summed E-state index contributed by atoms with van der Waals surface area (Å²) in [5, 5.41) is 5.57. The molecule has 0 saturated heterocycles. The molecule has 1 aromatic carbocycles. The molecule has 5 heteroatoms. The molecule has 0 saturated carbocycles. The van der Waals surface area contributed by atoms with Crippen LogP contribution in [0.3, 0.4) is 0 Å². The molecule has 2 N–H and O–H groups in total. The van der Waals surface area contributed by atoms with Crippen molar-refractivity contribution in [2.45, 2.75) is 32.8 Å². The zero-order chi connectivity index (χ0) is 13.8. The number of nitrogens with one attached hydrogen (secondary N) is 2. The minimum absolute atomic E-state index is 0.173. The second kappa shape index (κ2) is 5.73. The van der Waals surface area contributed by atoms with E-state index in [9.17, 15) is 9.59 Å². The highest BCUT2D eigenvalue weighted by Gasteiger charge is 2.27. The minimum atomic E-state index is -0.586. The third-order valence-corrected chi connectivity index (χ3v) is 3.00. The number of fused-ring (bicyclic) bond motifs is 1. The first kappa shape index (κ1) is 13.4. The fourth-order valence-corrected chi connectivity index (χ4v) is 1.88. The number of hydrogen-bond donors (Lipinski definition) is 2. The quantitative estimate of drug-likeness (QED) is 0.815. The zero-order valence-electron chi connectivity index (χ0n) is 11.2. The molecule has 1 aliphatic rings. The third-order valence-electron chi connectivity index (χ3n) is 3.00. The number of para-hydroxylation sites is 1. The Kier molecular flexibility index (Phi) is 4.04. The summed E-state index contributed by atoms with van der Waals surface area (Å²) in [5.41, 5.74) is 1.01. The highest BCUT2D eigenvalue weighted by Crippen LogP contribution is 2.33. The summed E-state index contributed by atoms with van der Waals surface area (Å²) in [7, 11) is 0. The predicted octanol–water partition coefficient (Wildman–Crippen LogP) is 1.94. The van der Waals surface area contributed by atoms with Gasteiger partial charge in [0, 0.05) is 6.54 Å². The predicted molar refractivity (Wildman–Crippen MR) is 72.4 cm³/mol. The van der Waals surface area contributed by atoms with Crippen LogP contribution in [0, 0.1) is 0 Å². The topological polar surface area (TPSA) is 67.4 Å². The van der Waals surface area contributed by atoms with Crippen LogP contribution < -0.4 is 15.4 Å². The molecule has 0 aliphatic carbocycles. The number of carbonyl (C=O) groups excluding carboxylic acids is 2. The lowest BCUT2D eigenvalue weighted by Crippen LogP contribution is -2.36. The van der Waals surface area contributed by atoms with E-state index in [0.29, 0.717) is 23.5 Å². The van der Waals surface area contributed by atoms with Crippen molar-refractivity contribution >= 4 is 17.5 Å². The van der Waals surface area contributed by atoms with Crippen molar-refractivity contribution in [3.63, 3.8) is 0 Å². The average Bonchev–Trinajstić information content (AvgIpc) is 2.39. The molecule has 1 atom stereocenters. The number of rotatable bonds is 4. The van der Waals surface area contributed by atoms with Gasteiger partial charge in [-0.2, -0.15) is 0 Å². The summed E-state index contributed by atoms with van der Waals surface area (Å²) in [6.07, 6.45) is 1.38. The maximum absolute atomic E-state index is 12.1. The molecule has 0 aromatic heterocycles. The van der Waals surface area contributed by atoms with Gasteiger partial charge < -0.3 is 15.4 Å². The van der Waals surface area contributed by atoms with Crippen LogP contribution in [0.15, 0.2) is 18.2 Å². The van der Waals surface area contributed by atoms with E-state index in [2.05, 4.69) is 17.6 Å². The number of benzene rings is 1. The zero-order valence-corrected chi connectivity index (χ0v) is 11.2. The van der Waals surface area contributed by atoms with E-state index < -0.39 is 6.10 Å². The van der Waals surface area contributed by atoms with Gasteiger partial charge in [-0.25, -0.2) is 0 Å². The van der Waals surface area contributed by atoms with Gasteiger partial charge in [-0.3, -0.25) is 9.59 Å². The van der Waals surface area contributed by atoms with E-state index in [1.165, 1.54) is 0 Å². The van der Waals surface area contributed by atoms with Gasteiger partial charge in [0.15, 0.2) is 11.9 Å². The lowest BCUT2D eigenvalue weighted by atomic mass is 10.1. The van der Waals surface area contributed by atoms with Crippen LogP contribution in [0.2, 0.25) is 0 Å². The Hall–Kier alpha value is -2.04. The molecule has 0 fully saturated rings. The molecule has 102 valence electrons. The Morgan fingerprint density at radius 2 is 2.26 bits per heavy atom. The maximum atomic E-state index is 12.1. The first-order chi connectivity index (χ1) is 9.13. The van der Waals surface area contributed by atoms with E-state index >= 15 is 0 Å². The second-order valence-electron chi connectivity index (χ2n) is 4.54. The molecule has 0 spiro atoms. The van der Waals surface area contributed by atoms with Crippen molar-refractivity contribution < 1.29 is 14.3 Å². The molecule has 1 aliphatic heterocycles. The van der Waals surface area contributed by atoms with Crippen molar-refractivity contribution in [1.82, 2.24) is 5.32 Å². The van der Waals surface area contributed by atoms with Crippen molar-refractivity contribution in [3.8, 4) is 5.75 Å². The molecular formula is C14H18N2O3. The van der Waals surface area contributed by atoms with Gasteiger partial charge in [-0.1, -0.05) is 19.4 Å². The van der Waals surface area contributed by atoms with Crippen molar-refractivity contribution in [1.29, 1.82) is 0 Å². The van der Waals surface area contributed by atoms with E-state index in [1.54, 1.807) is 25.1 Å². The number of ether oxygens (including phenoxy) is 1. The van der Waals surface area contributed by atoms with Gasteiger partial charge >= 0.3 is 0 Å². The monoisotopic (exact) mass is 262 g/mol. The maximum Gasteiger partial charge on any atom is 0.265 e. The first-order valence-corrected chi connectivity index (χ1v) is 6.52. The van der Waals surface area contributed by atoms with Crippen molar-refractivity contribution in [3.05, 3.63) is 23.8 Å². The van der Waals surface area contributed by atoms with Crippen LogP contribution in [-0.2, 0) is 4.79 Å². The normalized spacial score (nSPS) is 17.2. The fourth-order valence-electron chi connectivity index (χ4n) is 1.88. The minimum Gasteiger partial charge on any atom is -0.478 e. The van der Waals surface area contributed by atoms with Gasteiger partial charge in [0.1, 0.15) is 0 Å². The summed E-state index contributed by atoms with van der Waals surface area (Å²) in [6, 6.07) is 5.15. The van der Waals surface area contributed by atoms with Crippen molar-refractivity contribution in [2.24, 2.45) is 0 Å². The molecular weight excluding hydrogens is 244 g/mol. The Morgan fingerprint density at radius 1 is 1.47 bits per heavy atom. The van der Waals surface area contributed by atoms with Crippen LogP contribution in [0.25, 0.3) is 0 Å². The van der Waals surface area contributed by atoms with Gasteiger partial charge in [-0.05, 0) is 25.5 Å². The Labute approximate surface area is 112 Å². The molecule has 2 amide bonds. The van der Waals surface area contributed by atoms with Crippen LogP contribution in [0.4, 0.5) is 5.69 Å². The van der Waals surface area contributed by atoms with Crippen LogP contribution in [0.1, 0.15) is 37.0 Å². The molecule has 1 heterocycles. The highest BCUT2D eigenvalue weighted by atomic mass is 16.5. The van der Waals surface area contributed by atoms with Gasteiger partial charge in [0.05, 0.1) is 11.3 Å². The Balaban J connectivity index is 2.20. The van der Waals surface area contributed by atoms with E-state index in [1.807, 2.05) is 0 Å². The number of anilines is 1.